The number of rotatable bonds is 6. The summed E-state index contributed by atoms with van der Waals surface area (Å²) in [5, 5.41) is 5.82. The zero-order valence-corrected chi connectivity index (χ0v) is 14.3. The largest absolute Gasteiger partial charge is 0.351 e. The van der Waals surface area contributed by atoms with Gasteiger partial charge in [0.15, 0.2) is 0 Å². The lowest BCUT2D eigenvalue weighted by Crippen LogP contribution is -2.26. The summed E-state index contributed by atoms with van der Waals surface area (Å²) in [5.41, 5.74) is 1.84. The molecule has 0 heterocycles. The van der Waals surface area contributed by atoms with Crippen molar-refractivity contribution in [2.24, 2.45) is 5.92 Å². The molecule has 4 nitrogen and oxygen atoms in total. The molecule has 1 aromatic rings. The lowest BCUT2D eigenvalue weighted by Gasteiger charge is -2.17. The highest BCUT2D eigenvalue weighted by Crippen LogP contribution is 2.30. The van der Waals surface area contributed by atoms with E-state index in [4.69, 9.17) is 0 Å². The van der Waals surface area contributed by atoms with E-state index in [0.717, 1.165) is 24.1 Å². The van der Waals surface area contributed by atoms with E-state index in [9.17, 15) is 9.59 Å². The van der Waals surface area contributed by atoms with Crippen LogP contribution in [0.5, 0.6) is 0 Å². The number of nitrogens with one attached hydrogen (secondary N) is 2. The van der Waals surface area contributed by atoms with Gasteiger partial charge in [-0.25, -0.2) is 0 Å². The molecule has 1 saturated carbocycles. The molecule has 0 aromatic heterocycles. The zero-order valence-electron chi connectivity index (χ0n) is 13.4. The van der Waals surface area contributed by atoms with Crippen molar-refractivity contribution in [2.45, 2.75) is 44.9 Å². The van der Waals surface area contributed by atoms with Gasteiger partial charge in [-0.05, 0) is 30.5 Å². The lowest BCUT2D eigenvalue weighted by molar-refractivity contribution is -0.119. The minimum atomic E-state index is 0.0473. The predicted molar refractivity (Wildman–Crippen MR) is 91.9 cm³/mol. The van der Waals surface area contributed by atoms with Crippen LogP contribution in [0.25, 0.3) is 0 Å². The Hall–Kier alpha value is -1.49. The number of carbonyl (C=O) groups is 2. The molecule has 0 bridgehead atoms. The third-order valence-corrected chi connectivity index (χ3v) is 4.57. The van der Waals surface area contributed by atoms with Crippen molar-refractivity contribution >= 4 is 29.3 Å². The zero-order chi connectivity index (χ0) is 16.2. The van der Waals surface area contributed by atoms with E-state index in [1.807, 2.05) is 24.3 Å². The van der Waals surface area contributed by atoms with Crippen LogP contribution < -0.4 is 10.6 Å². The highest BCUT2D eigenvalue weighted by molar-refractivity contribution is 8.01. The van der Waals surface area contributed by atoms with Crippen LogP contribution in [0.3, 0.4) is 0 Å². The van der Waals surface area contributed by atoms with Gasteiger partial charge in [-0.2, -0.15) is 0 Å². The fraction of sp³-hybridized carbons (Fsp3) is 0.529. The SMILES string of the molecule is CC(C)(C)SCC(=O)NCc1ccc(NC(=O)C2CC2)cc1. The van der Waals surface area contributed by atoms with Crippen LogP contribution in [0, 0.1) is 5.92 Å². The highest BCUT2D eigenvalue weighted by Gasteiger charge is 2.29. The van der Waals surface area contributed by atoms with Gasteiger partial charge in [0.05, 0.1) is 5.75 Å². The number of thioether (sulfide) groups is 1. The number of carbonyl (C=O) groups excluding carboxylic acids is 2. The molecular formula is C17H24N2O2S. The van der Waals surface area contributed by atoms with Crippen LogP contribution in [0.2, 0.25) is 0 Å². The summed E-state index contributed by atoms with van der Waals surface area (Å²) in [7, 11) is 0. The number of amides is 2. The van der Waals surface area contributed by atoms with E-state index < -0.39 is 0 Å². The third kappa shape index (κ3) is 6.10. The summed E-state index contributed by atoms with van der Waals surface area (Å²) in [5.74, 6) is 0.838. The molecule has 1 aliphatic carbocycles. The fourth-order valence-corrected chi connectivity index (χ4v) is 2.50. The molecule has 1 fully saturated rings. The van der Waals surface area contributed by atoms with E-state index in [1.165, 1.54) is 0 Å². The molecule has 2 N–H and O–H groups in total. The molecule has 120 valence electrons. The topological polar surface area (TPSA) is 58.2 Å². The second kappa shape index (κ2) is 7.18. The second-order valence-corrected chi connectivity index (χ2v) is 8.44. The first-order chi connectivity index (χ1) is 10.3. The van der Waals surface area contributed by atoms with E-state index in [0.29, 0.717) is 12.3 Å². The summed E-state index contributed by atoms with van der Waals surface area (Å²) in [6, 6.07) is 7.62. The number of hydrogen-bond donors (Lipinski definition) is 2. The maximum atomic E-state index is 11.8. The molecule has 5 heteroatoms. The van der Waals surface area contributed by atoms with Gasteiger partial charge in [0.2, 0.25) is 11.8 Å². The Morgan fingerprint density at radius 2 is 1.82 bits per heavy atom. The first kappa shape index (κ1) is 16.9. The van der Waals surface area contributed by atoms with Crippen molar-refractivity contribution in [1.82, 2.24) is 5.32 Å². The van der Waals surface area contributed by atoms with Crippen LogP contribution in [0.15, 0.2) is 24.3 Å². The second-order valence-electron chi connectivity index (χ2n) is 6.64. The molecule has 2 amide bonds. The first-order valence-corrected chi connectivity index (χ1v) is 8.62. The van der Waals surface area contributed by atoms with E-state index in [1.54, 1.807) is 11.8 Å². The molecule has 1 aliphatic rings. The summed E-state index contributed by atoms with van der Waals surface area (Å²) in [6.07, 6.45) is 2.01. The summed E-state index contributed by atoms with van der Waals surface area (Å²) in [4.78, 5) is 23.4. The Kier molecular flexibility index (Phi) is 5.51. The molecule has 0 saturated heterocycles. The Morgan fingerprint density at radius 1 is 1.18 bits per heavy atom. The number of benzene rings is 1. The smallest absolute Gasteiger partial charge is 0.230 e. The summed E-state index contributed by atoms with van der Waals surface area (Å²) in [6.45, 7) is 6.80. The van der Waals surface area contributed by atoms with Crippen molar-refractivity contribution in [3.05, 3.63) is 29.8 Å². The molecule has 0 spiro atoms. The van der Waals surface area contributed by atoms with Gasteiger partial charge >= 0.3 is 0 Å². The van der Waals surface area contributed by atoms with E-state index >= 15 is 0 Å². The van der Waals surface area contributed by atoms with Crippen molar-refractivity contribution in [3.63, 3.8) is 0 Å². The van der Waals surface area contributed by atoms with Crippen LogP contribution in [-0.4, -0.2) is 22.3 Å². The van der Waals surface area contributed by atoms with Crippen molar-refractivity contribution in [3.8, 4) is 0 Å². The average molecular weight is 320 g/mol. The fourth-order valence-electron chi connectivity index (χ4n) is 1.83. The van der Waals surface area contributed by atoms with E-state index in [2.05, 4.69) is 31.4 Å². The summed E-state index contributed by atoms with van der Waals surface area (Å²) >= 11 is 1.64. The number of anilines is 1. The minimum Gasteiger partial charge on any atom is -0.351 e. The molecule has 0 unspecified atom stereocenters. The van der Waals surface area contributed by atoms with Gasteiger partial charge < -0.3 is 10.6 Å². The van der Waals surface area contributed by atoms with Crippen molar-refractivity contribution in [1.29, 1.82) is 0 Å². The van der Waals surface area contributed by atoms with Gasteiger partial charge in [0.25, 0.3) is 0 Å². The van der Waals surface area contributed by atoms with Crippen LogP contribution >= 0.6 is 11.8 Å². The van der Waals surface area contributed by atoms with Gasteiger partial charge in [-0.3, -0.25) is 9.59 Å². The van der Waals surface area contributed by atoms with Gasteiger partial charge in [-0.15, -0.1) is 11.8 Å². The lowest BCUT2D eigenvalue weighted by atomic mass is 10.2. The molecule has 22 heavy (non-hydrogen) atoms. The third-order valence-electron chi connectivity index (χ3n) is 3.30. The molecule has 0 radical (unpaired) electrons. The van der Waals surface area contributed by atoms with Gasteiger partial charge in [0, 0.05) is 22.9 Å². The van der Waals surface area contributed by atoms with Crippen molar-refractivity contribution in [2.75, 3.05) is 11.1 Å². The first-order valence-electron chi connectivity index (χ1n) is 7.64. The quantitative estimate of drug-likeness (QED) is 0.846. The normalized spacial score (nSPS) is 14.5. The maximum absolute atomic E-state index is 11.8. The van der Waals surface area contributed by atoms with Gasteiger partial charge in [0.1, 0.15) is 0 Å². The number of hydrogen-bond acceptors (Lipinski definition) is 3. The molecular weight excluding hydrogens is 296 g/mol. The summed E-state index contributed by atoms with van der Waals surface area (Å²) < 4.78 is 0.0960. The Morgan fingerprint density at radius 3 is 2.36 bits per heavy atom. The van der Waals surface area contributed by atoms with Crippen LogP contribution in [-0.2, 0) is 16.1 Å². The maximum Gasteiger partial charge on any atom is 0.230 e. The Bertz CT molecular complexity index is 531. The Balaban J connectivity index is 1.73. The minimum absolute atomic E-state index is 0.0473. The van der Waals surface area contributed by atoms with E-state index in [-0.39, 0.29) is 22.5 Å². The van der Waals surface area contributed by atoms with Gasteiger partial charge in [-0.1, -0.05) is 32.9 Å². The van der Waals surface area contributed by atoms with Crippen LogP contribution in [0.1, 0.15) is 39.2 Å². The standard InChI is InChI=1S/C17H24N2O2S/c1-17(2,3)22-11-15(20)18-10-12-4-8-14(9-5-12)19-16(21)13-6-7-13/h4-5,8-9,13H,6-7,10-11H2,1-3H3,(H,18,20)(H,19,21). The average Bonchev–Trinajstić information content (AvgIpc) is 3.28. The molecule has 1 aromatic carbocycles. The van der Waals surface area contributed by atoms with Crippen molar-refractivity contribution < 1.29 is 9.59 Å². The monoisotopic (exact) mass is 320 g/mol. The highest BCUT2D eigenvalue weighted by atomic mass is 32.2. The van der Waals surface area contributed by atoms with Crippen LogP contribution in [0.4, 0.5) is 5.69 Å². The molecule has 0 aliphatic heterocycles. The molecule has 2 rings (SSSR count). The molecule has 0 atom stereocenters. The predicted octanol–water partition coefficient (Wildman–Crippen LogP) is 3.18. The Labute approximate surface area is 136 Å².